The van der Waals surface area contributed by atoms with E-state index in [0.717, 1.165) is 24.5 Å². The van der Waals surface area contributed by atoms with Gasteiger partial charge < -0.3 is 20.4 Å². The number of aliphatic hydroxyl groups is 1. The van der Waals surface area contributed by atoms with Crippen LogP contribution in [0, 0.1) is 0 Å². The number of aromatic hydroxyl groups is 1. The summed E-state index contributed by atoms with van der Waals surface area (Å²) in [6.07, 6.45) is 0. The highest BCUT2D eigenvalue weighted by Crippen LogP contribution is 2.36. The summed E-state index contributed by atoms with van der Waals surface area (Å²) < 4.78 is 0. The first-order chi connectivity index (χ1) is 6.83. The highest BCUT2D eigenvalue weighted by Gasteiger charge is 2.18. The van der Waals surface area contributed by atoms with Crippen molar-refractivity contribution in [2.24, 2.45) is 0 Å². The fraction of sp³-hybridized carbons (Fsp3) is 0.400. The normalized spacial score (nSPS) is 14.8. The molecule has 3 N–H and O–H groups in total. The Bertz CT molecular complexity index is 328. The fourth-order valence-corrected chi connectivity index (χ4v) is 1.79. The maximum atomic E-state index is 9.69. The number of para-hydroxylation sites is 1. The molecule has 0 fully saturated rings. The molecule has 0 amide bonds. The molecule has 1 aromatic rings. The van der Waals surface area contributed by atoms with Crippen molar-refractivity contribution in [3.63, 3.8) is 0 Å². The molecular formula is C10H14N2O2. The number of nitrogens with one attached hydrogen (secondary N) is 1. The highest BCUT2D eigenvalue weighted by atomic mass is 16.3. The van der Waals surface area contributed by atoms with Crippen molar-refractivity contribution in [1.29, 1.82) is 0 Å². The van der Waals surface area contributed by atoms with Crippen LogP contribution in [0.25, 0.3) is 0 Å². The van der Waals surface area contributed by atoms with E-state index in [-0.39, 0.29) is 12.4 Å². The zero-order valence-electron chi connectivity index (χ0n) is 7.90. The Kier molecular flexibility index (Phi) is 2.45. The van der Waals surface area contributed by atoms with E-state index in [1.54, 1.807) is 6.07 Å². The topological polar surface area (TPSA) is 55.7 Å². The molecule has 2 rings (SSSR count). The van der Waals surface area contributed by atoms with E-state index in [1.165, 1.54) is 0 Å². The van der Waals surface area contributed by atoms with Gasteiger partial charge in [0.2, 0.25) is 0 Å². The summed E-state index contributed by atoms with van der Waals surface area (Å²) in [6.45, 7) is 2.32. The molecule has 0 spiro atoms. The molecule has 0 aromatic heterocycles. The number of nitrogens with zero attached hydrogens (tertiary/aromatic N) is 1. The summed E-state index contributed by atoms with van der Waals surface area (Å²) in [7, 11) is 0. The Hall–Kier alpha value is -1.42. The van der Waals surface area contributed by atoms with E-state index < -0.39 is 0 Å². The summed E-state index contributed by atoms with van der Waals surface area (Å²) in [5.41, 5.74) is 1.73. The molecule has 1 aromatic carbocycles. The minimum Gasteiger partial charge on any atom is -0.506 e. The molecule has 4 heteroatoms. The third-order valence-corrected chi connectivity index (χ3v) is 2.40. The van der Waals surface area contributed by atoms with E-state index in [4.69, 9.17) is 5.11 Å². The Morgan fingerprint density at radius 3 is 3.07 bits per heavy atom. The summed E-state index contributed by atoms with van der Waals surface area (Å²) in [4.78, 5) is 1.99. The second-order valence-corrected chi connectivity index (χ2v) is 3.31. The first kappa shape index (κ1) is 9.15. The minimum absolute atomic E-state index is 0.105. The largest absolute Gasteiger partial charge is 0.506 e. The van der Waals surface area contributed by atoms with Crippen molar-refractivity contribution in [1.82, 2.24) is 0 Å². The van der Waals surface area contributed by atoms with Crippen molar-refractivity contribution in [3.8, 4) is 5.75 Å². The molecule has 0 radical (unpaired) electrons. The Balaban J connectivity index is 2.36. The summed E-state index contributed by atoms with van der Waals surface area (Å²) in [5, 5.41) is 21.8. The predicted molar refractivity (Wildman–Crippen MR) is 55.9 cm³/mol. The van der Waals surface area contributed by atoms with Crippen LogP contribution in [-0.4, -0.2) is 36.5 Å². The molecule has 1 heterocycles. The van der Waals surface area contributed by atoms with Gasteiger partial charge in [0.05, 0.1) is 12.3 Å². The first-order valence-corrected chi connectivity index (χ1v) is 4.74. The number of hydrogen-bond acceptors (Lipinski definition) is 4. The van der Waals surface area contributed by atoms with Gasteiger partial charge in [-0.1, -0.05) is 6.07 Å². The van der Waals surface area contributed by atoms with Crippen LogP contribution >= 0.6 is 0 Å². The van der Waals surface area contributed by atoms with Gasteiger partial charge in [-0.25, -0.2) is 0 Å². The smallest absolute Gasteiger partial charge is 0.141 e. The molecule has 0 bridgehead atoms. The Morgan fingerprint density at radius 1 is 1.43 bits per heavy atom. The van der Waals surface area contributed by atoms with Gasteiger partial charge in [-0.05, 0) is 12.1 Å². The van der Waals surface area contributed by atoms with E-state index >= 15 is 0 Å². The average molecular weight is 194 g/mol. The lowest BCUT2D eigenvalue weighted by Crippen LogP contribution is -2.35. The minimum atomic E-state index is 0.105. The maximum Gasteiger partial charge on any atom is 0.141 e. The van der Waals surface area contributed by atoms with Crippen LogP contribution in [0.3, 0.4) is 0 Å². The van der Waals surface area contributed by atoms with E-state index in [1.807, 2.05) is 17.0 Å². The van der Waals surface area contributed by atoms with Crippen LogP contribution in [0.15, 0.2) is 18.2 Å². The summed E-state index contributed by atoms with van der Waals surface area (Å²) in [5.74, 6) is 0.267. The number of benzene rings is 1. The third-order valence-electron chi connectivity index (χ3n) is 2.40. The molecule has 14 heavy (non-hydrogen) atoms. The number of phenols is 1. The SMILES string of the molecule is OCCN1CCNc2cccc(O)c21. The van der Waals surface area contributed by atoms with Gasteiger partial charge in [-0.3, -0.25) is 0 Å². The van der Waals surface area contributed by atoms with Gasteiger partial charge in [0, 0.05) is 19.6 Å². The van der Waals surface area contributed by atoms with Gasteiger partial charge >= 0.3 is 0 Å². The van der Waals surface area contributed by atoms with Crippen LogP contribution < -0.4 is 10.2 Å². The van der Waals surface area contributed by atoms with Gasteiger partial charge in [0.15, 0.2) is 0 Å². The third kappa shape index (κ3) is 1.48. The monoisotopic (exact) mass is 194 g/mol. The van der Waals surface area contributed by atoms with Crippen LogP contribution in [0.2, 0.25) is 0 Å². The number of aliphatic hydroxyl groups excluding tert-OH is 1. The zero-order valence-corrected chi connectivity index (χ0v) is 7.90. The van der Waals surface area contributed by atoms with Crippen molar-refractivity contribution in [2.45, 2.75) is 0 Å². The Labute approximate surface area is 82.8 Å². The van der Waals surface area contributed by atoms with Crippen LogP contribution in [0.1, 0.15) is 0 Å². The highest BCUT2D eigenvalue weighted by molar-refractivity contribution is 5.78. The van der Waals surface area contributed by atoms with Gasteiger partial charge in [0.1, 0.15) is 11.4 Å². The number of rotatable bonds is 2. The molecule has 0 saturated heterocycles. The first-order valence-electron chi connectivity index (χ1n) is 4.74. The van der Waals surface area contributed by atoms with Crippen molar-refractivity contribution in [3.05, 3.63) is 18.2 Å². The summed E-state index contributed by atoms with van der Waals surface area (Å²) in [6, 6.07) is 5.40. The molecule has 4 nitrogen and oxygen atoms in total. The lowest BCUT2D eigenvalue weighted by molar-refractivity contribution is 0.301. The van der Waals surface area contributed by atoms with Gasteiger partial charge in [0.25, 0.3) is 0 Å². The molecule has 0 atom stereocenters. The lowest BCUT2D eigenvalue weighted by Gasteiger charge is -2.31. The zero-order chi connectivity index (χ0) is 9.97. The maximum absolute atomic E-state index is 9.69. The lowest BCUT2D eigenvalue weighted by atomic mass is 10.2. The Morgan fingerprint density at radius 2 is 2.29 bits per heavy atom. The molecule has 76 valence electrons. The molecular weight excluding hydrogens is 180 g/mol. The standard InChI is InChI=1S/C10H14N2O2/c13-7-6-12-5-4-11-8-2-1-3-9(14)10(8)12/h1-3,11,13-14H,4-7H2. The number of hydrogen-bond donors (Lipinski definition) is 3. The van der Waals surface area contributed by atoms with Crippen LogP contribution in [-0.2, 0) is 0 Å². The fourth-order valence-electron chi connectivity index (χ4n) is 1.79. The van der Waals surface area contributed by atoms with Crippen molar-refractivity contribution in [2.75, 3.05) is 36.5 Å². The van der Waals surface area contributed by atoms with Crippen LogP contribution in [0.5, 0.6) is 5.75 Å². The molecule has 1 aliphatic heterocycles. The van der Waals surface area contributed by atoms with E-state index in [2.05, 4.69) is 5.32 Å². The molecule has 0 aliphatic carbocycles. The number of β-amino-alcohol motifs (C(OH)–C–C–N with tert-alkyl or cyclic N) is 1. The van der Waals surface area contributed by atoms with Crippen LogP contribution in [0.4, 0.5) is 11.4 Å². The van der Waals surface area contributed by atoms with E-state index in [0.29, 0.717) is 6.54 Å². The number of anilines is 2. The van der Waals surface area contributed by atoms with E-state index in [9.17, 15) is 5.11 Å². The van der Waals surface area contributed by atoms with Crippen molar-refractivity contribution < 1.29 is 10.2 Å². The second kappa shape index (κ2) is 3.75. The molecule has 0 saturated carbocycles. The molecule has 0 unspecified atom stereocenters. The summed E-state index contributed by atoms with van der Waals surface area (Å²) >= 11 is 0. The number of phenolic OH excluding ortho intramolecular Hbond substituents is 1. The second-order valence-electron chi connectivity index (χ2n) is 3.31. The van der Waals surface area contributed by atoms with Gasteiger partial charge in [-0.15, -0.1) is 0 Å². The molecule has 1 aliphatic rings. The van der Waals surface area contributed by atoms with Crippen molar-refractivity contribution >= 4 is 11.4 Å². The predicted octanol–water partition coefficient (Wildman–Crippen LogP) is 0.616. The average Bonchev–Trinajstić information content (AvgIpc) is 2.19. The van der Waals surface area contributed by atoms with Gasteiger partial charge in [-0.2, -0.15) is 0 Å². The quantitative estimate of drug-likeness (QED) is 0.646. The number of fused-ring (bicyclic) bond motifs is 1.